The first kappa shape index (κ1) is 21.1. The van der Waals surface area contributed by atoms with Crippen LogP contribution in [0.15, 0.2) is 54.6 Å². The molecule has 2 bridgehead atoms. The molecule has 2 aliphatic rings. The molecule has 4 aromatic rings. The van der Waals surface area contributed by atoms with Crippen molar-refractivity contribution in [1.29, 1.82) is 0 Å². The summed E-state index contributed by atoms with van der Waals surface area (Å²) in [5, 5.41) is 23.8. The molecule has 4 N–H and O–H groups in total. The van der Waals surface area contributed by atoms with Crippen molar-refractivity contribution in [3.8, 4) is 16.9 Å². The number of nitrogens with zero attached hydrogens (tertiary/aromatic N) is 3. The Balaban J connectivity index is 1.47. The van der Waals surface area contributed by atoms with E-state index in [-0.39, 0.29) is 5.75 Å². The molecule has 0 saturated carbocycles. The molecule has 3 aromatic carbocycles. The van der Waals surface area contributed by atoms with Crippen molar-refractivity contribution >= 4 is 33.4 Å². The molecule has 2 fully saturated rings. The van der Waals surface area contributed by atoms with Crippen LogP contribution in [0.5, 0.6) is 5.75 Å². The fourth-order valence-corrected chi connectivity index (χ4v) is 5.40. The van der Waals surface area contributed by atoms with Gasteiger partial charge in [-0.15, -0.1) is 0 Å². The van der Waals surface area contributed by atoms with Crippen LogP contribution in [0.4, 0.5) is 11.8 Å². The van der Waals surface area contributed by atoms with Crippen LogP contribution in [-0.2, 0) is 0 Å². The average Bonchev–Trinajstić information content (AvgIpc) is 3.20. The highest BCUT2D eigenvalue weighted by molar-refractivity contribution is 6.01. The van der Waals surface area contributed by atoms with E-state index in [1.54, 1.807) is 0 Å². The lowest BCUT2D eigenvalue weighted by Gasteiger charge is -2.34. The smallest absolute Gasteiger partial charge is 0.225 e. The van der Waals surface area contributed by atoms with Crippen molar-refractivity contribution in [2.45, 2.75) is 24.9 Å². The van der Waals surface area contributed by atoms with Gasteiger partial charge in [0, 0.05) is 43.6 Å². The van der Waals surface area contributed by atoms with Gasteiger partial charge in [0.05, 0.1) is 5.52 Å². The highest BCUT2D eigenvalue weighted by atomic mass is 16.3. The van der Waals surface area contributed by atoms with E-state index in [4.69, 9.17) is 9.97 Å². The van der Waals surface area contributed by atoms with Crippen LogP contribution < -0.4 is 20.9 Å². The lowest BCUT2D eigenvalue weighted by Crippen LogP contribution is -2.51. The number of aromatic nitrogens is 2. The van der Waals surface area contributed by atoms with Gasteiger partial charge in [0.15, 0.2) is 0 Å². The van der Waals surface area contributed by atoms with Crippen LogP contribution in [0, 0.1) is 0 Å². The number of fused-ring (bicyclic) bond motifs is 4. The third-order valence-corrected chi connectivity index (χ3v) is 7.01. The second-order valence-corrected chi connectivity index (χ2v) is 9.39. The molecule has 0 aliphatic carbocycles. The minimum Gasteiger partial charge on any atom is -0.508 e. The lowest BCUT2D eigenvalue weighted by atomic mass is 9.97. The van der Waals surface area contributed by atoms with Crippen LogP contribution in [-0.4, -0.2) is 60.4 Å². The summed E-state index contributed by atoms with van der Waals surface area (Å²) in [5.41, 5.74) is 2.95. The van der Waals surface area contributed by atoms with E-state index < -0.39 is 0 Å². The number of anilines is 2. The summed E-state index contributed by atoms with van der Waals surface area (Å²) in [7, 11) is 1.94. The first-order chi connectivity index (χ1) is 16.7. The number of piperazine rings is 1. The number of nitrogens with one attached hydrogen (secondary N) is 3. The molecule has 2 saturated heterocycles. The zero-order chi connectivity index (χ0) is 23.1. The zero-order valence-electron chi connectivity index (χ0n) is 19.4. The number of benzene rings is 3. The summed E-state index contributed by atoms with van der Waals surface area (Å²) in [6, 6.07) is 19.3. The SMILES string of the molecule is CNCCNc1nc(N2C[C@H]3CC[C@@H](C2)N3)c2ccc(-c3cc(O)cc4ccccc34)cc2n1. The summed E-state index contributed by atoms with van der Waals surface area (Å²) in [5.74, 6) is 1.92. The van der Waals surface area contributed by atoms with Gasteiger partial charge in [0.1, 0.15) is 11.6 Å². The lowest BCUT2D eigenvalue weighted by molar-refractivity contribution is 0.464. The maximum absolute atomic E-state index is 10.4. The Morgan fingerprint density at radius 3 is 2.62 bits per heavy atom. The third-order valence-electron chi connectivity index (χ3n) is 7.01. The summed E-state index contributed by atoms with van der Waals surface area (Å²) in [4.78, 5) is 12.3. The van der Waals surface area contributed by atoms with Crippen molar-refractivity contribution in [2.24, 2.45) is 0 Å². The van der Waals surface area contributed by atoms with Crippen LogP contribution in [0.25, 0.3) is 32.8 Å². The quantitative estimate of drug-likeness (QED) is 0.330. The Labute approximate surface area is 199 Å². The number of hydrogen-bond donors (Lipinski definition) is 4. The van der Waals surface area contributed by atoms with E-state index in [1.807, 2.05) is 37.4 Å². The van der Waals surface area contributed by atoms with Gasteiger partial charge >= 0.3 is 0 Å². The van der Waals surface area contributed by atoms with Crippen LogP contribution in [0.2, 0.25) is 0 Å². The second-order valence-electron chi connectivity index (χ2n) is 9.39. The van der Waals surface area contributed by atoms with E-state index in [9.17, 15) is 5.11 Å². The molecule has 3 heterocycles. The molecule has 2 aliphatic heterocycles. The zero-order valence-corrected chi connectivity index (χ0v) is 19.4. The predicted octanol–water partition coefficient (Wildman–Crippen LogP) is 3.73. The molecule has 1 aromatic heterocycles. The fourth-order valence-electron chi connectivity index (χ4n) is 5.40. The average molecular weight is 455 g/mol. The first-order valence-electron chi connectivity index (χ1n) is 12.1. The Kier molecular flexibility index (Phi) is 5.43. The fraction of sp³-hybridized carbons (Fsp3) is 0.333. The normalized spacial score (nSPS) is 19.7. The highest BCUT2D eigenvalue weighted by Crippen LogP contribution is 2.36. The maximum atomic E-state index is 10.4. The van der Waals surface area contributed by atoms with Crippen molar-refractivity contribution < 1.29 is 5.11 Å². The number of hydrogen-bond acceptors (Lipinski definition) is 7. The maximum Gasteiger partial charge on any atom is 0.225 e. The molecule has 0 amide bonds. The van der Waals surface area contributed by atoms with E-state index in [1.165, 1.54) is 12.8 Å². The number of phenolic OH excluding ortho intramolecular Hbond substituents is 1. The van der Waals surface area contributed by atoms with Crippen molar-refractivity contribution in [3.63, 3.8) is 0 Å². The largest absolute Gasteiger partial charge is 0.508 e. The van der Waals surface area contributed by atoms with Crippen molar-refractivity contribution in [1.82, 2.24) is 20.6 Å². The van der Waals surface area contributed by atoms with Gasteiger partial charge < -0.3 is 26.0 Å². The third kappa shape index (κ3) is 3.91. The van der Waals surface area contributed by atoms with Gasteiger partial charge in [-0.05, 0) is 66.1 Å². The van der Waals surface area contributed by atoms with Gasteiger partial charge in [-0.1, -0.05) is 30.3 Å². The molecule has 6 rings (SSSR count). The molecule has 0 spiro atoms. The Morgan fingerprint density at radius 2 is 1.79 bits per heavy atom. The standard InChI is InChI=1S/C27H30N6O/c1-28-10-11-29-27-31-25-13-18(24-14-21(34)12-17-4-2-3-5-22(17)24)6-9-23(25)26(32-27)33-15-19-7-8-20(16-33)30-19/h2-6,9,12-14,19-20,28,30,34H,7-8,10-11,15-16H2,1H3,(H,29,31,32)/t19-,20+. The molecule has 174 valence electrons. The predicted molar refractivity (Wildman–Crippen MR) is 139 cm³/mol. The first-order valence-corrected chi connectivity index (χ1v) is 12.1. The summed E-state index contributed by atoms with van der Waals surface area (Å²) >= 11 is 0. The summed E-state index contributed by atoms with van der Waals surface area (Å²) in [6.07, 6.45) is 2.46. The minimum absolute atomic E-state index is 0.267. The van der Waals surface area contributed by atoms with Crippen LogP contribution in [0.1, 0.15) is 12.8 Å². The number of rotatable bonds is 6. The molecule has 0 unspecified atom stereocenters. The van der Waals surface area contributed by atoms with Crippen molar-refractivity contribution in [3.05, 3.63) is 54.6 Å². The number of likely N-dealkylation sites (N-methyl/N-ethyl adjacent to an activating group) is 1. The monoisotopic (exact) mass is 454 g/mol. The number of phenols is 1. The van der Waals surface area contributed by atoms with Gasteiger partial charge in [0.2, 0.25) is 5.95 Å². The minimum atomic E-state index is 0.267. The molecule has 2 atom stereocenters. The van der Waals surface area contributed by atoms with Gasteiger partial charge in [-0.3, -0.25) is 0 Å². The van der Waals surface area contributed by atoms with E-state index in [2.05, 4.69) is 45.1 Å². The Morgan fingerprint density at radius 1 is 0.971 bits per heavy atom. The van der Waals surface area contributed by atoms with Gasteiger partial charge in [-0.25, -0.2) is 4.98 Å². The molecule has 7 heteroatoms. The molecular formula is C27H30N6O. The molecule has 7 nitrogen and oxygen atoms in total. The highest BCUT2D eigenvalue weighted by Gasteiger charge is 2.33. The summed E-state index contributed by atoms with van der Waals surface area (Å²) in [6.45, 7) is 3.53. The molecule has 0 radical (unpaired) electrons. The van der Waals surface area contributed by atoms with Gasteiger partial charge in [0.25, 0.3) is 0 Å². The Hall–Kier alpha value is -3.42. The molecule has 34 heavy (non-hydrogen) atoms. The van der Waals surface area contributed by atoms with Gasteiger partial charge in [-0.2, -0.15) is 4.98 Å². The van der Waals surface area contributed by atoms with E-state index >= 15 is 0 Å². The van der Waals surface area contributed by atoms with Crippen LogP contribution in [0.3, 0.4) is 0 Å². The van der Waals surface area contributed by atoms with E-state index in [0.717, 1.165) is 64.8 Å². The summed E-state index contributed by atoms with van der Waals surface area (Å²) < 4.78 is 0. The van der Waals surface area contributed by atoms with Crippen molar-refractivity contribution in [2.75, 3.05) is 43.4 Å². The Bertz CT molecular complexity index is 1340. The van der Waals surface area contributed by atoms with Crippen LogP contribution >= 0.6 is 0 Å². The second kappa shape index (κ2) is 8.74. The molecular weight excluding hydrogens is 424 g/mol. The topological polar surface area (TPSA) is 85.3 Å². The number of aromatic hydroxyl groups is 1. The van der Waals surface area contributed by atoms with E-state index in [0.29, 0.717) is 18.0 Å².